The van der Waals surface area contributed by atoms with Crippen molar-refractivity contribution in [1.29, 1.82) is 0 Å². The highest BCUT2D eigenvalue weighted by molar-refractivity contribution is 7.17. The second kappa shape index (κ2) is 8.66. The third-order valence-electron chi connectivity index (χ3n) is 5.65. The van der Waals surface area contributed by atoms with E-state index in [2.05, 4.69) is 10.6 Å². The normalized spacial score (nSPS) is 17.0. The summed E-state index contributed by atoms with van der Waals surface area (Å²) in [5.74, 6) is -0.263. The number of carbonyl (C=O) groups is 2. The van der Waals surface area contributed by atoms with Gasteiger partial charge < -0.3 is 10.6 Å². The van der Waals surface area contributed by atoms with Crippen LogP contribution in [0.4, 0.5) is 5.00 Å². The predicted octanol–water partition coefficient (Wildman–Crippen LogP) is 5.60. The fourth-order valence-corrected chi connectivity index (χ4v) is 5.68. The molecule has 1 saturated carbocycles. The minimum absolute atomic E-state index is 0.0345. The highest BCUT2D eigenvalue weighted by Gasteiger charge is 2.28. The van der Waals surface area contributed by atoms with Gasteiger partial charge in [-0.1, -0.05) is 36.9 Å². The van der Waals surface area contributed by atoms with Crippen molar-refractivity contribution >= 4 is 39.8 Å². The van der Waals surface area contributed by atoms with Crippen LogP contribution in [0.15, 0.2) is 24.3 Å². The number of aryl methyl sites for hydroxylation is 1. The summed E-state index contributed by atoms with van der Waals surface area (Å²) in [5.41, 5.74) is 2.31. The van der Waals surface area contributed by atoms with Crippen LogP contribution in [0.2, 0.25) is 5.02 Å². The zero-order valence-electron chi connectivity index (χ0n) is 15.9. The molecule has 2 amide bonds. The van der Waals surface area contributed by atoms with E-state index in [-0.39, 0.29) is 17.9 Å². The Balaban J connectivity index is 1.60. The van der Waals surface area contributed by atoms with Gasteiger partial charge in [-0.3, -0.25) is 9.59 Å². The Kier molecular flexibility index (Phi) is 6.02. The van der Waals surface area contributed by atoms with Gasteiger partial charge in [-0.2, -0.15) is 0 Å². The summed E-state index contributed by atoms with van der Waals surface area (Å²) < 4.78 is 0. The van der Waals surface area contributed by atoms with Gasteiger partial charge in [-0.05, 0) is 62.3 Å². The molecule has 0 spiro atoms. The molecule has 6 heteroatoms. The SMILES string of the molecule is O=C(Nc1sc2c(c1C(=O)NC1CCCCC1)CCCC2)c1cccc(Cl)c1. The maximum atomic E-state index is 13.2. The van der Waals surface area contributed by atoms with Crippen LogP contribution in [0.5, 0.6) is 0 Å². The van der Waals surface area contributed by atoms with Gasteiger partial charge in [0, 0.05) is 21.5 Å². The van der Waals surface area contributed by atoms with Crippen molar-refractivity contribution in [2.75, 3.05) is 5.32 Å². The van der Waals surface area contributed by atoms with E-state index in [0.29, 0.717) is 21.2 Å². The number of rotatable bonds is 4. The summed E-state index contributed by atoms with van der Waals surface area (Å²) >= 11 is 7.58. The van der Waals surface area contributed by atoms with Crippen molar-refractivity contribution in [1.82, 2.24) is 5.32 Å². The van der Waals surface area contributed by atoms with E-state index in [1.807, 2.05) is 0 Å². The molecule has 4 rings (SSSR count). The Morgan fingerprint density at radius 1 is 1.00 bits per heavy atom. The number of benzene rings is 1. The Hall–Kier alpha value is -1.85. The number of halogens is 1. The molecule has 1 fully saturated rings. The number of anilines is 1. The molecule has 0 bridgehead atoms. The standard InChI is InChI=1S/C22H25ClN2O2S/c23-15-8-6-7-14(13-15)20(26)25-22-19(17-11-4-5-12-18(17)28-22)21(27)24-16-9-2-1-3-10-16/h6-8,13,16H,1-5,9-12H2,(H,24,27)(H,25,26). The number of thiophene rings is 1. The third-order valence-corrected chi connectivity index (χ3v) is 7.09. The zero-order chi connectivity index (χ0) is 19.5. The second-order valence-electron chi connectivity index (χ2n) is 7.69. The van der Waals surface area contributed by atoms with Gasteiger partial charge in [0.15, 0.2) is 0 Å². The van der Waals surface area contributed by atoms with Crippen LogP contribution in [-0.4, -0.2) is 17.9 Å². The lowest BCUT2D eigenvalue weighted by Gasteiger charge is -2.23. The summed E-state index contributed by atoms with van der Waals surface area (Å²) in [7, 11) is 0. The number of fused-ring (bicyclic) bond motifs is 1. The van der Waals surface area contributed by atoms with E-state index in [1.54, 1.807) is 35.6 Å². The third kappa shape index (κ3) is 4.26. The van der Waals surface area contributed by atoms with Gasteiger partial charge in [-0.15, -0.1) is 11.3 Å². The number of carbonyl (C=O) groups excluding carboxylic acids is 2. The number of hydrogen-bond acceptors (Lipinski definition) is 3. The molecular weight excluding hydrogens is 392 g/mol. The van der Waals surface area contributed by atoms with Crippen LogP contribution >= 0.6 is 22.9 Å². The smallest absolute Gasteiger partial charge is 0.256 e. The van der Waals surface area contributed by atoms with Crippen LogP contribution in [0.1, 0.15) is 76.1 Å². The lowest BCUT2D eigenvalue weighted by atomic mass is 9.93. The number of amides is 2. The van der Waals surface area contributed by atoms with Gasteiger partial charge in [0.25, 0.3) is 11.8 Å². The summed E-state index contributed by atoms with van der Waals surface area (Å²) in [4.78, 5) is 27.1. The minimum atomic E-state index is -0.229. The van der Waals surface area contributed by atoms with E-state index in [0.717, 1.165) is 44.1 Å². The van der Waals surface area contributed by atoms with Crippen LogP contribution in [-0.2, 0) is 12.8 Å². The van der Waals surface area contributed by atoms with Crippen molar-refractivity contribution in [3.8, 4) is 0 Å². The summed E-state index contributed by atoms with van der Waals surface area (Å²) in [6.45, 7) is 0. The molecule has 0 radical (unpaired) electrons. The zero-order valence-corrected chi connectivity index (χ0v) is 17.4. The second-order valence-corrected chi connectivity index (χ2v) is 9.23. The average Bonchev–Trinajstić information content (AvgIpc) is 3.06. The molecule has 1 aromatic carbocycles. The predicted molar refractivity (Wildman–Crippen MR) is 115 cm³/mol. The quantitative estimate of drug-likeness (QED) is 0.681. The molecule has 2 aliphatic carbocycles. The van der Waals surface area contributed by atoms with Crippen molar-refractivity contribution in [3.63, 3.8) is 0 Å². The molecule has 4 nitrogen and oxygen atoms in total. The first-order valence-corrected chi connectivity index (χ1v) is 11.3. The van der Waals surface area contributed by atoms with Crippen LogP contribution in [0, 0.1) is 0 Å². The fourth-order valence-electron chi connectivity index (χ4n) is 4.20. The highest BCUT2D eigenvalue weighted by atomic mass is 35.5. The molecular formula is C22H25ClN2O2S. The maximum absolute atomic E-state index is 13.2. The lowest BCUT2D eigenvalue weighted by Crippen LogP contribution is -2.37. The molecule has 0 saturated heterocycles. The Labute approximate surface area is 174 Å². The van der Waals surface area contributed by atoms with E-state index in [1.165, 1.54) is 24.1 Å². The van der Waals surface area contributed by atoms with E-state index in [4.69, 9.17) is 11.6 Å². The maximum Gasteiger partial charge on any atom is 0.256 e. The van der Waals surface area contributed by atoms with Crippen LogP contribution in [0.25, 0.3) is 0 Å². The largest absolute Gasteiger partial charge is 0.349 e. The Morgan fingerprint density at radius 3 is 2.57 bits per heavy atom. The summed E-state index contributed by atoms with van der Waals surface area (Å²) in [6, 6.07) is 7.12. The molecule has 1 heterocycles. The first-order valence-electron chi connectivity index (χ1n) is 10.1. The van der Waals surface area contributed by atoms with Crippen molar-refractivity contribution in [3.05, 3.63) is 50.9 Å². The van der Waals surface area contributed by atoms with Crippen molar-refractivity contribution < 1.29 is 9.59 Å². The monoisotopic (exact) mass is 416 g/mol. The van der Waals surface area contributed by atoms with E-state index in [9.17, 15) is 9.59 Å². The molecule has 0 atom stereocenters. The minimum Gasteiger partial charge on any atom is -0.349 e. The van der Waals surface area contributed by atoms with Gasteiger partial charge in [-0.25, -0.2) is 0 Å². The number of nitrogens with one attached hydrogen (secondary N) is 2. The first-order chi connectivity index (χ1) is 13.6. The highest BCUT2D eigenvalue weighted by Crippen LogP contribution is 2.38. The Morgan fingerprint density at radius 2 is 1.79 bits per heavy atom. The average molecular weight is 417 g/mol. The molecule has 1 aromatic heterocycles. The molecule has 0 unspecified atom stereocenters. The Bertz CT molecular complexity index is 887. The topological polar surface area (TPSA) is 58.2 Å². The van der Waals surface area contributed by atoms with Crippen LogP contribution < -0.4 is 10.6 Å². The lowest BCUT2D eigenvalue weighted by molar-refractivity contribution is 0.0928. The van der Waals surface area contributed by atoms with E-state index < -0.39 is 0 Å². The molecule has 2 aromatic rings. The fraction of sp³-hybridized carbons (Fsp3) is 0.455. The van der Waals surface area contributed by atoms with Gasteiger partial charge in [0.05, 0.1) is 5.56 Å². The van der Waals surface area contributed by atoms with Crippen molar-refractivity contribution in [2.24, 2.45) is 0 Å². The van der Waals surface area contributed by atoms with Crippen LogP contribution in [0.3, 0.4) is 0 Å². The van der Waals surface area contributed by atoms with Crippen molar-refractivity contribution in [2.45, 2.75) is 63.8 Å². The molecule has 148 valence electrons. The first kappa shape index (κ1) is 19.5. The van der Waals surface area contributed by atoms with Gasteiger partial charge >= 0.3 is 0 Å². The van der Waals surface area contributed by atoms with Gasteiger partial charge in [0.2, 0.25) is 0 Å². The molecule has 28 heavy (non-hydrogen) atoms. The molecule has 2 N–H and O–H groups in total. The van der Waals surface area contributed by atoms with E-state index >= 15 is 0 Å². The molecule has 0 aliphatic heterocycles. The summed E-state index contributed by atoms with van der Waals surface area (Å²) in [6.07, 6.45) is 9.80. The molecule has 2 aliphatic rings. The number of hydrogen-bond donors (Lipinski definition) is 2. The summed E-state index contributed by atoms with van der Waals surface area (Å²) in [5, 5.41) is 7.41. The van der Waals surface area contributed by atoms with Gasteiger partial charge in [0.1, 0.15) is 5.00 Å².